The average Bonchev–Trinajstić information content (AvgIpc) is 3.18. The first-order valence-electron chi connectivity index (χ1n) is 9.81. The van der Waals surface area contributed by atoms with Crippen LogP contribution >= 0.6 is 22.7 Å². The maximum atomic E-state index is 11.7. The Morgan fingerprint density at radius 1 is 1.25 bits per heavy atom. The Balaban J connectivity index is 1.42. The number of nitrogens with one attached hydrogen (secondary N) is 1. The first kappa shape index (κ1) is 16.8. The molecule has 0 amide bonds. The van der Waals surface area contributed by atoms with Gasteiger partial charge >= 0.3 is 0 Å². The Hall–Kier alpha value is -2.09. The fraction of sp³-hybridized carbons (Fsp3) is 0.381. The van der Waals surface area contributed by atoms with E-state index in [1.165, 1.54) is 44.8 Å². The van der Waals surface area contributed by atoms with Crippen molar-refractivity contribution in [2.75, 3.05) is 18.9 Å². The molecule has 5 heterocycles. The molecule has 7 heteroatoms. The third-order valence-electron chi connectivity index (χ3n) is 6.00. The number of hydrogen-bond donors (Lipinski definition) is 1. The van der Waals surface area contributed by atoms with Gasteiger partial charge in [0, 0.05) is 35.5 Å². The lowest BCUT2D eigenvalue weighted by molar-refractivity contribution is 0.112. The molecule has 6 rings (SSSR count). The summed E-state index contributed by atoms with van der Waals surface area (Å²) in [4.78, 5) is 27.5. The number of hydrogen-bond acceptors (Lipinski definition) is 6. The molecule has 0 aromatic carbocycles. The first-order valence-corrected chi connectivity index (χ1v) is 11.4. The largest absolute Gasteiger partial charge is 0.337 e. The zero-order chi connectivity index (χ0) is 18.8. The fourth-order valence-electron chi connectivity index (χ4n) is 4.49. The highest BCUT2D eigenvalue weighted by Gasteiger charge is 2.30. The van der Waals surface area contributed by atoms with Crippen LogP contribution < -0.4 is 5.32 Å². The van der Waals surface area contributed by atoms with Gasteiger partial charge in [-0.2, -0.15) is 0 Å². The zero-order valence-electron chi connectivity index (χ0n) is 15.7. The number of pyridine rings is 1. The van der Waals surface area contributed by atoms with Crippen LogP contribution in [0.1, 0.15) is 49.8 Å². The minimum absolute atomic E-state index is 0.806. The normalized spacial score (nSPS) is 19.7. The van der Waals surface area contributed by atoms with Gasteiger partial charge in [-0.05, 0) is 49.9 Å². The summed E-state index contributed by atoms with van der Waals surface area (Å²) in [5.41, 5.74) is 5.76. The van der Waals surface area contributed by atoms with Crippen molar-refractivity contribution < 1.29 is 4.79 Å². The number of amidine groups is 1. The molecule has 142 valence electrons. The number of nitrogens with zero attached hydrogens (tertiary/aromatic N) is 3. The molecular formula is C21H20N4OS2. The first-order chi connectivity index (χ1) is 13.7. The van der Waals surface area contributed by atoms with Crippen LogP contribution in [0.2, 0.25) is 0 Å². The summed E-state index contributed by atoms with van der Waals surface area (Å²) >= 11 is 3.40. The summed E-state index contributed by atoms with van der Waals surface area (Å²) < 4.78 is 0. The molecule has 0 saturated carbocycles. The number of carbonyl (C=O) groups is 1. The Morgan fingerprint density at radius 2 is 2.14 bits per heavy atom. The second-order valence-corrected chi connectivity index (χ2v) is 9.96. The molecular weight excluding hydrogens is 388 g/mol. The molecule has 3 aromatic heterocycles. The summed E-state index contributed by atoms with van der Waals surface area (Å²) in [7, 11) is 2.16. The molecule has 5 nitrogen and oxygen atoms in total. The Kier molecular flexibility index (Phi) is 3.73. The third-order valence-corrected chi connectivity index (χ3v) is 8.31. The number of anilines is 1. The van der Waals surface area contributed by atoms with Gasteiger partial charge in [0.1, 0.15) is 9.83 Å². The van der Waals surface area contributed by atoms with Crippen molar-refractivity contribution in [2.45, 2.75) is 38.6 Å². The highest BCUT2D eigenvalue weighted by molar-refractivity contribution is 7.22. The van der Waals surface area contributed by atoms with E-state index in [0.717, 1.165) is 65.6 Å². The summed E-state index contributed by atoms with van der Waals surface area (Å²) in [6, 6.07) is 2.30. The number of thiophene rings is 2. The summed E-state index contributed by atoms with van der Waals surface area (Å²) in [6.45, 7) is 2.03. The van der Waals surface area contributed by atoms with Crippen molar-refractivity contribution in [3.63, 3.8) is 0 Å². The van der Waals surface area contributed by atoms with Crippen molar-refractivity contribution in [1.82, 2.24) is 9.88 Å². The molecule has 3 aromatic rings. The second-order valence-electron chi connectivity index (χ2n) is 7.87. The predicted octanol–water partition coefficient (Wildman–Crippen LogP) is 4.54. The molecule has 0 saturated heterocycles. The minimum Gasteiger partial charge on any atom is -0.337 e. The molecule has 1 N–H and O–H groups in total. The lowest BCUT2D eigenvalue weighted by Crippen LogP contribution is -2.27. The molecule has 28 heavy (non-hydrogen) atoms. The van der Waals surface area contributed by atoms with Gasteiger partial charge in [0.05, 0.1) is 16.1 Å². The molecule has 0 radical (unpaired) electrons. The highest BCUT2D eigenvalue weighted by Crippen LogP contribution is 2.45. The maximum absolute atomic E-state index is 11.7. The lowest BCUT2D eigenvalue weighted by Gasteiger charge is -2.24. The number of rotatable bonds is 2. The van der Waals surface area contributed by atoms with E-state index >= 15 is 0 Å². The van der Waals surface area contributed by atoms with E-state index in [9.17, 15) is 4.79 Å². The number of aromatic nitrogens is 1. The van der Waals surface area contributed by atoms with Gasteiger partial charge in [0.25, 0.3) is 0 Å². The van der Waals surface area contributed by atoms with E-state index in [4.69, 9.17) is 9.98 Å². The van der Waals surface area contributed by atoms with Gasteiger partial charge in [-0.15, -0.1) is 22.7 Å². The quantitative estimate of drug-likeness (QED) is 0.633. The van der Waals surface area contributed by atoms with Crippen LogP contribution in [0.4, 0.5) is 10.7 Å². The Bertz CT molecular complexity index is 1170. The molecule has 0 bridgehead atoms. The molecule has 2 aliphatic heterocycles. The third kappa shape index (κ3) is 2.43. The molecule has 0 atom stereocenters. The number of aryl methyl sites for hydroxylation is 1. The molecule has 0 spiro atoms. The van der Waals surface area contributed by atoms with E-state index in [1.54, 1.807) is 22.7 Å². The van der Waals surface area contributed by atoms with Crippen LogP contribution in [-0.2, 0) is 25.8 Å². The van der Waals surface area contributed by atoms with E-state index < -0.39 is 0 Å². The van der Waals surface area contributed by atoms with Gasteiger partial charge in [-0.1, -0.05) is 0 Å². The van der Waals surface area contributed by atoms with Crippen LogP contribution in [-0.4, -0.2) is 35.6 Å². The second kappa shape index (κ2) is 6.20. The molecule has 0 unspecified atom stereocenters. The van der Waals surface area contributed by atoms with E-state index in [0.29, 0.717) is 0 Å². The van der Waals surface area contributed by atoms with Crippen molar-refractivity contribution in [3.05, 3.63) is 38.2 Å². The van der Waals surface area contributed by atoms with Crippen molar-refractivity contribution in [1.29, 1.82) is 0 Å². The predicted molar refractivity (Wildman–Crippen MR) is 116 cm³/mol. The smallest absolute Gasteiger partial charge is 0.153 e. The molecule has 3 aliphatic rings. The minimum atomic E-state index is 0.806. The number of fused-ring (bicyclic) bond motifs is 5. The van der Waals surface area contributed by atoms with Crippen LogP contribution in [0, 0.1) is 0 Å². The highest BCUT2D eigenvalue weighted by atomic mass is 32.1. The zero-order valence-corrected chi connectivity index (χ0v) is 17.3. The average molecular weight is 409 g/mol. The monoisotopic (exact) mass is 408 g/mol. The van der Waals surface area contributed by atoms with Gasteiger partial charge < -0.3 is 10.2 Å². The maximum Gasteiger partial charge on any atom is 0.153 e. The summed E-state index contributed by atoms with van der Waals surface area (Å²) in [5, 5.41) is 5.51. The number of carbonyl (C=O) groups excluding carboxylic acids is 1. The number of aliphatic imine (C=N–C) groups is 1. The van der Waals surface area contributed by atoms with Crippen molar-refractivity contribution in [3.8, 4) is 0 Å². The Labute approximate surface area is 171 Å². The van der Waals surface area contributed by atoms with Crippen LogP contribution in [0.5, 0.6) is 0 Å². The van der Waals surface area contributed by atoms with Crippen molar-refractivity contribution in [2.24, 2.45) is 4.99 Å². The van der Waals surface area contributed by atoms with E-state index in [2.05, 4.69) is 23.3 Å². The van der Waals surface area contributed by atoms with Gasteiger partial charge in [0.15, 0.2) is 12.1 Å². The van der Waals surface area contributed by atoms with Crippen LogP contribution in [0.15, 0.2) is 11.1 Å². The number of likely N-dealkylation sites (N-methyl/N-ethyl adjacent to an activating group) is 1. The van der Waals surface area contributed by atoms with E-state index in [1.807, 2.05) is 0 Å². The lowest BCUT2D eigenvalue weighted by atomic mass is 9.96. The van der Waals surface area contributed by atoms with Gasteiger partial charge in [0.2, 0.25) is 0 Å². The standard InChI is InChI=1S/C21H20N4OS2/c1-25-7-6-15-11(9-25)8-13-17-18(28-20(13)22-15)19(23-17)24-21-14(10-26)12-4-2-3-5-16(12)27-21/h8,10H,2-7,9H2,1H3,(H,23,24). The fourth-order valence-corrected chi connectivity index (χ4v) is 6.79. The molecule has 1 aliphatic carbocycles. The molecule has 0 fully saturated rings. The Morgan fingerprint density at radius 3 is 3.04 bits per heavy atom. The SMILES string of the molecule is CN1CCc2nc3sc4c(c3cc2C1)NC4=Nc1sc2c(c1C=O)CCCC2. The summed E-state index contributed by atoms with van der Waals surface area (Å²) in [5.74, 6) is 0.884. The van der Waals surface area contributed by atoms with Crippen LogP contribution in [0.25, 0.3) is 10.2 Å². The van der Waals surface area contributed by atoms with Gasteiger partial charge in [-0.3, -0.25) is 4.79 Å². The number of aldehydes is 1. The van der Waals surface area contributed by atoms with Gasteiger partial charge in [-0.25, -0.2) is 9.98 Å². The van der Waals surface area contributed by atoms with Crippen LogP contribution in [0.3, 0.4) is 0 Å². The van der Waals surface area contributed by atoms with E-state index in [-0.39, 0.29) is 0 Å². The summed E-state index contributed by atoms with van der Waals surface area (Å²) in [6.07, 6.45) is 6.49. The topological polar surface area (TPSA) is 57.6 Å². The van der Waals surface area contributed by atoms with Crippen molar-refractivity contribution >= 4 is 55.7 Å².